The van der Waals surface area contributed by atoms with Gasteiger partial charge < -0.3 is 20.7 Å². The van der Waals surface area contributed by atoms with Gasteiger partial charge in [-0.1, -0.05) is 23.5 Å². The first-order chi connectivity index (χ1) is 15.0. The van der Waals surface area contributed by atoms with Gasteiger partial charge in [-0.25, -0.2) is 9.97 Å². The number of nitrogens with zero attached hydrogens (tertiary/aromatic N) is 2. The first-order valence-corrected chi connectivity index (χ1v) is 10.2. The number of nitrogens with one attached hydrogen (secondary N) is 3. The largest absolute Gasteiger partial charge is 0.495 e. The number of hydrogen-bond donors (Lipinski definition) is 3. The lowest BCUT2D eigenvalue weighted by Crippen LogP contribution is -2.14. The number of aromatic nitrogens is 2. The van der Waals surface area contributed by atoms with Gasteiger partial charge in [0.1, 0.15) is 11.6 Å². The summed E-state index contributed by atoms with van der Waals surface area (Å²) in [6, 6.07) is 16.2. The van der Waals surface area contributed by atoms with Crippen LogP contribution in [0.2, 0.25) is 0 Å². The number of fused-ring (bicyclic) bond motifs is 1. The number of methoxy groups -OCH3 is 1. The number of rotatable bonds is 6. The van der Waals surface area contributed by atoms with Crippen molar-refractivity contribution in [3.05, 3.63) is 66.4 Å². The summed E-state index contributed by atoms with van der Waals surface area (Å²) in [7, 11) is 1.58. The van der Waals surface area contributed by atoms with Gasteiger partial charge in [0.15, 0.2) is 5.13 Å². The molecule has 2 amide bonds. The van der Waals surface area contributed by atoms with Crippen molar-refractivity contribution in [3.8, 4) is 5.75 Å². The highest BCUT2D eigenvalue weighted by Crippen LogP contribution is 2.30. The lowest BCUT2D eigenvalue weighted by atomic mass is 10.2. The van der Waals surface area contributed by atoms with E-state index in [0.717, 1.165) is 10.2 Å². The third-order valence-electron chi connectivity index (χ3n) is 4.34. The first-order valence-electron chi connectivity index (χ1n) is 9.38. The zero-order valence-corrected chi connectivity index (χ0v) is 17.6. The lowest BCUT2D eigenvalue weighted by Gasteiger charge is -2.13. The molecule has 0 bridgehead atoms. The minimum Gasteiger partial charge on any atom is -0.495 e. The number of ether oxygens (including phenoxy) is 1. The molecule has 2 aromatic heterocycles. The molecule has 0 aliphatic carbocycles. The molecular weight excluding hydrogens is 414 g/mol. The van der Waals surface area contributed by atoms with Crippen molar-refractivity contribution < 1.29 is 14.3 Å². The van der Waals surface area contributed by atoms with E-state index >= 15 is 0 Å². The van der Waals surface area contributed by atoms with Crippen LogP contribution in [0.4, 0.5) is 22.3 Å². The molecule has 0 aliphatic rings. The van der Waals surface area contributed by atoms with Crippen LogP contribution in [0.5, 0.6) is 5.75 Å². The van der Waals surface area contributed by atoms with Crippen LogP contribution in [0.3, 0.4) is 0 Å². The highest BCUT2D eigenvalue weighted by atomic mass is 32.1. The Kier molecular flexibility index (Phi) is 5.76. The molecule has 0 radical (unpaired) electrons. The second kappa shape index (κ2) is 8.80. The van der Waals surface area contributed by atoms with Crippen LogP contribution in [0.1, 0.15) is 17.3 Å². The number of carbonyl (C=O) groups is 2. The highest BCUT2D eigenvalue weighted by Gasteiger charge is 2.15. The SMILES string of the molecule is COc1ccccc1Nc1ncccc1C(=O)Nc1ccc2nc(NC(C)=O)sc2c1. The van der Waals surface area contributed by atoms with Crippen LogP contribution in [0.15, 0.2) is 60.8 Å². The fourth-order valence-corrected chi connectivity index (χ4v) is 3.92. The van der Waals surface area contributed by atoms with Crippen molar-refractivity contribution in [2.75, 3.05) is 23.1 Å². The van der Waals surface area contributed by atoms with Gasteiger partial charge in [0.05, 0.1) is 28.6 Å². The summed E-state index contributed by atoms with van der Waals surface area (Å²) >= 11 is 1.34. The van der Waals surface area contributed by atoms with Gasteiger partial charge in [0.25, 0.3) is 5.91 Å². The highest BCUT2D eigenvalue weighted by molar-refractivity contribution is 7.22. The Labute approximate surface area is 182 Å². The van der Waals surface area contributed by atoms with Crippen molar-refractivity contribution in [1.29, 1.82) is 0 Å². The smallest absolute Gasteiger partial charge is 0.259 e. The van der Waals surface area contributed by atoms with E-state index in [1.807, 2.05) is 30.3 Å². The number of thiazole rings is 1. The molecule has 0 saturated heterocycles. The van der Waals surface area contributed by atoms with E-state index in [0.29, 0.717) is 33.6 Å². The van der Waals surface area contributed by atoms with E-state index in [9.17, 15) is 9.59 Å². The summed E-state index contributed by atoms with van der Waals surface area (Å²) in [6.07, 6.45) is 1.61. The number of carbonyl (C=O) groups excluding carboxylic acids is 2. The molecule has 156 valence electrons. The van der Waals surface area contributed by atoms with Gasteiger partial charge in [-0.2, -0.15) is 0 Å². The number of hydrogen-bond acceptors (Lipinski definition) is 7. The molecule has 4 aromatic rings. The van der Waals surface area contributed by atoms with Crippen LogP contribution in [-0.2, 0) is 4.79 Å². The van der Waals surface area contributed by atoms with Crippen molar-refractivity contribution in [3.63, 3.8) is 0 Å². The van der Waals surface area contributed by atoms with Crippen molar-refractivity contribution in [2.24, 2.45) is 0 Å². The van der Waals surface area contributed by atoms with E-state index in [1.54, 1.807) is 37.6 Å². The first kappa shape index (κ1) is 20.3. The maximum absolute atomic E-state index is 13.0. The van der Waals surface area contributed by atoms with E-state index in [1.165, 1.54) is 18.3 Å². The zero-order chi connectivity index (χ0) is 21.8. The quantitative estimate of drug-likeness (QED) is 0.409. The van der Waals surface area contributed by atoms with Gasteiger partial charge in [-0.3, -0.25) is 9.59 Å². The predicted molar refractivity (Wildman–Crippen MR) is 122 cm³/mol. The Balaban J connectivity index is 1.57. The molecule has 0 aliphatic heterocycles. The average Bonchev–Trinajstić information content (AvgIpc) is 3.15. The Hall–Kier alpha value is -3.98. The topological polar surface area (TPSA) is 105 Å². The second-order valence-corrected chi connectivity index (χ2v) is 7.59. The molecule has 0 fully saturated rings. The molecule has 4 rings (SSSR count). The van der Waals surface area contributed by atoms with Gasteiger partial charge in [-0.05, 0) is 42.5 Å². The molecule has 2 heterocycles. The molecular formula is C22H19N5O3S. The van der Waals surface area contributed by atoms with E-state index in [2.05, 4.69) is 25.9 Å². The maximum Gasteiger partial charge on any atom is 0.259 e. The molecule has 3 N–H and O–H groups in total. The second-order valence-electron chi connectivity index (χ2n) is 6.56. The summed E-state index contributed by atoms with van der Waals surface area (Å²) in [5, 5.41) is 9.25. The molecule has 0 unspecified atom stereocenters. The van der Waals surface area contributed by atoms with Crippen LogP contribution >= 0.6 is 11.3 Å². The Morgan fingerprint density at radius 2 is 1.87 bits per heavy atom. The molecule has 31 heavy (non-hydrogen) atoms. The Morgan fingerprint density at radius 3 is 2.68 bits per heavy atom. The number of benzene rings is 2. The third-order valence-corrected chi connectivity index (χ3v) is 5.28. The molecule has 0 spiro atoms. The van der Waals surface area contributed by atoms with Crippen LogP contribution in [0, 0.1) is 0 Å². The minimum atomic E-state index is -0.309. The van der Waals surface area contributed by atoms with Gasteiger partial charge in [0, 0.05) is 18.8 Å². The molecule has 2 aromatic carbocycles. The Bertz CT molecular complexity index is 1270. The van der Waals surface area contributed by atoms with Crippen LogP contribution in [0.25, 0.3) is 10.2 Å². The van der Waals surface area contributed by atoms with Crippen LogP contribution < -0.4 is 20.7 Å². The van der Waals surface area contributed by atoms with Crippen molar-refractivity contribution in [1.82, 2.24) is 9.97 Å². The zero-order valence-electron chi connectivity index (χ0n) is 16.8. The molecule has 0 atom stereocenters. The van der Waals surface area contributed by atoms with Gasteiger partial charge >= 0.3 is 0 Å². The molecule has 8 nitrogen and oxygen atoms in total. The van der Waals surface area contributed by atoms with E-state index < -0.39 is 0 Å². The summed E-state index contributed by atoms with van der Waals surface area (Å²) in [6.45, 7) is 1.43. The summed E-state index contributed by atoms with van der Waals surface area (Å²) in [5.74, 6) is 0.567. The van der Waals surface area contributed by atoms with Gasteiger partial charge in [0.2, 0.25) is 5.91 Å². The predicted octanol–water partition coefficient (Wildman–Crippen LogP) is 4.65. The summed E-state index contributed by atoms with van der Waals surface area (Å²) < 4.78 is 6.21. The third kappa shape index (κ3) is 4.62. The van der Waals surface area contributed by atoms with Crippen molar-refractivity contribution in [2.45, 2.75) is 6.92 Å². The molecule has 0 saturated carbocycles. The van der Waals surface area contributed by atoms with Crippen LogP contribution in [-0.4, -0.2) is 28.9 Å². The van der Waals surface area contributed by atoms with E-state index in [-0.39, 0.29) is 11.8 Å². The average molecular weight is 433 g/mol. The van der Waals surface area contributed by atoms with Crippen molar-refractivity contribution >= 4 is 55.7 Å². The monoisotopic (exact) mass is 433 g/mol. The van der Waals surface area contributed by atoms with E-state index in [4.69, 9.17) is 4.74 Å². The number of amides is 2. The standard InChI is InChI=1S/C22H19N5O3S/c1-13(28)24-22-27-17-10-9-14(12-19(17)31-22)25-21(29)15-6-5-11-23-20(15)26-16-7-3-4-8-18(16)30-2/h3-12H,1-2H3,(H,23,26)(H,25,29)(H,24,27,28). The fraction of sp³-hybridized carbons (Fsp3) is 0.0909. The summed E-state index contributed by atoms with van der Waals surface area (Å²) in [5.41, 5.74) is 2.44. The fourth-order valence-electron chi connectivity index (χ4n) is 2.97. The summed E-state index contributed by atoms with van der Waals surface area (Å²) in [4.78, 5) is 32.9. The van der Waals surface area contributed by atoms with Gasteiger partial charge in [-0.15, -0.1) is 0 Å². The number of anilines is 4. The normalized spacial score (nSPS) is 10.5. The Morgan fingerprint density at radius 1 is 1.03 bits per heavy atom. The number of para-hydroxylation sites is 2. The number of pyridine rings is 1. The lowest BCUT2D eigenvalue weighted by molar-refractivity contribution is -0.114. The minimum absolute atomic E-state index is 0.181. The maximum atomic E-state index is 13.0. The molecule has 9 heteroatoms.